The molecule has 2 atom stereocenters. The zero-order valence-electron chi connectivity index (χ0n) is 10.3. The third kappa shape index (κ3) is 3.52. The lowest BCUT2D eigenvalue weighted by atomic mass is 10.1. The second-order valence-corrected chi connectivity index (χ2v) is 6.24. The molecule has 1 saturated carbocycles. The minimum absolute atomic E-state index is 0.0734. The van der Waals surface area contributed by atoms with Crippen LogP contribution in [0.15, 0.2) is 22.7 Å². The molecule has 0 radical (unpaired) electrons. The SMILES string of the molecule is CC(C)CNCC1CC1c1ccc(Br)cc1F. The summed E-state index contributed by atoms with van der Waals surface area (Å²) in [6.45, 7) is 6.46. The Labute approximate surface area is 111 Å². The first kappa shape index (κ1) is 13.0. The summed E-state index contributed by atoms with van der Waals surface area (Å²) in [4.78, 5) is 0. The summed E-state index contributed by atoms with van der Waals surface area (Å²) in [5.74, 6) is 1.64. The van der Waals surface area contributed by atoms with E-state index in [1.807, 2.05) is 12.1 Å². The molecule has 0 amide bonds. The van der Waals surface area contributed by atoms with Crippen molar-refractivity contribution < 1.29 is 4.39 Å². The second kappa shape index (κ2) is 5.49. The van der Waals surface area contributed by atoms with E-state index in [4.69, 9.17) is 0 Å². The fraction of sp³-hybridized carbons (Fsp3) is 0.571. The lowest BCUT2D eigenvalue weighted by Gasteiger charge is -2.07. The van der Waals surface area contributed by atoms with Gasteiger partial charge in [-0.3, -0.25) is 0 Å². The molecule has 0 bridgehead atoms. The van der Waals surface area contributed by atoms with Gasteiger partial charge in [0.25, 0.3) is 0 Å². The fourth-order valence-corrected chi connectivity index (χ4v) is 2.55. The maximum absolute atomic E-state index is 13.7. The van der Waals surface area contributed by atoms with E-state index >= 15 is 0 Å². The van der Waals surface area contributed by atoms with Crippen molar-refractivity contribution >= 4 is 15.9 Å². The number of benzene rings is 1. The van der Waals surface area contributed by atoms with E-state index in [0.717, 1.165) is 29.5 Å². The molecule has 0 spiro atoms. The van der Waals surface area contributed by atoms with Crippen molar-refractivity contribution in [3.05, 3.63) is 34.1 Å². The van der Waals surface area contributed by atoms with E-state index in [1.54, 1.807) is 6.07 Å². The first-order chi connectivity index (χ1) is 8.08. The third-order valence-electron chi connectivity index (χ3n) is 3.24. The average Bonchev–Trinajstić information content (AvgIpc) is 2.96. The van der Waals surface area contributed by atoms with Gasteiger partial charge in [-0.15, -0.1) is 0 Å². The Bertz CT molecular complexity index is 392. The number of nitrogens with one attached hydrogen (secondary N) is 1. The fourth-order valence-electron chi connectivity index (χ4n) is 2.21. The Balaban J connectivity index is 1.85. The molecule has 2 rings (SSSR count). The van der Waals surface area contributed by atoms with E-state index in [0.29, 0.717) is 17.8 Å². The van der Waals surface area contributed by atoms with Crippen LogP contribution in [0.5, 0.6) is 0 Å². The van der Waals surface area contributed by atoms with Crippen LogP contribution in [0.1, 0.15) is 31.7 Å². The zero-order chi connectivity index (χ0) is 12.4. The van der Waals surface area contributed by atoms with Gasteiger partial charge in [0.05, 0.1) is 0 Å². The van der Waals surface area contributed by atoms with Crippen LogP contribution in [0, 0.1) is 17.7 Å². The summed E-state index contributed by atoms with van der Waals surface area (Å²) < 4.78 is 14.5. The normalized spacial score (nSPS) is 23.1. The molecule has 0 aliphatic heterocycles. The van der Waals surface area contributed by atoms with Crippen LogP contribution in [0.4, 0.5) is 4.39 Å². The van der Waals surface area contributed by atoms with Gasteiger partial charge in [-0.2, -0.15) is 0 Å². The zero-order valence-corrected chi connectivity index (χ0v) is 11.9. The Kier molecular flexibility index (Phi) is 4.21. The summed E-state index contributed by atoms with van der Waals surface area (Å²) in [7, 11) is 0. The van der Waals surface area contributed by atoms with Crippen molar-refractivity contribution in [3.63, 3.8) is 0 Å². The number of hydrogen-bond donors (Lipinski definition) is 1. The average molecular weight is 300 g/mol. The molecule has 1 aliphatic carbocycles. The number of rotatable bonds is 5. The standard InChI is InChI=1S/C14H19BrFN/c1-9(2)7-17-8-10-5-13(10)12-4-3-11(15)6-14(12)16/h3-4,6,9-10,13,17H,5,7-8H2,1-2H3. The molecule has 94 valence electrons. The third-order valence-corrected chi connectivity index (χ3v) is 3.74. The summed E-state index contributed by atoms with van der Waals surface area (Å²) in [5, 5.41) is 3.45. The largest absolute Gasteiger partial charge is 0.316 e. The van der Waals surface area contributed by atoms with Crippen LogP contribution >= 0.6 is 15.9 Å². The molecule has 0 saturated heterocycles. The van der Waals surface area contributed by atoms with Gasteiger partial charge in [0.2, 0.25) is 0 Å². The van der Waals surface area contributed by atoms with Crippen LogP contribution in [0.3, 0.4) is 0 Å². The lowest BCUT2D eigenvalue weighted by molar-refractivity contribution is 0.530. The highest BCUT2D eigenvalue weighted by atomic mass is 79.9. The van der Waals surface area contributed by atoms with Crippen molar-refractivity contribution in [1.29, 1.82) is 0 Å². The molecule has 1 N–H and O–H groups in total. The molecule has 0 heterocycles. The highest BCUT2D eigenvalue weighted by Crippen LogP contribution is 2.48. The van der Waals surface area contributed by atoms with E-state index in [9.17, 15) is 4.39 Å². The maximum Gasteiger partial charge on any atom is 0.127 e. The predicted molar refractivity (Wildman–Crippen MR) is 72.7 cm³/mol. The van der Waals surface area contributed by atoms with Gasteiger partial charge in [-0.05, 0) is 55.0 Å². The first-order valence-corrected chi connectivity index (χ1v) is 7.03. The molecular formula is C14H19BrFN. The summed E-state index contributed by atoms with van der Waals surface area (Å²) in [5.41, 5.74) is 0.879. The molecule has 1 nitrogen and oxygen atoms in total. The van der Waals surface area contributed by atoms with Gasteiger partial charge in [0.15, 0.2) is 0 Å². The summed E-state index contributed by atoms with van der Waals surface area (Å²) in [6.07, 6.45) is 1.11. The smallest absolute Gasteiger partial charge is 0.127 e. The van der Waals surface area contributed by atoms with Crippen molar-refractivity contribution in [1.82, 2.24) is 5.32 Å². The van der Waals surface area contributed by atoms with Crippen LogP contribution < -0.4 is 5.32 Å². The van der Waals surface area contributed by atoms with E-state index in [2.05, 4.69) is 35.1 Å². The van der Waals surface area contributed by atoms with Crippen LogP contribution in [-0.2, 0) is 0 Å². The van der Waals surface area contributed by atoms with Crippen LogP contribution in [0.25, 0.3) is 0 Å². The molecule has 1 aliphatic rings. The first-order valence-electron chi connectivity index (χ1n) is 6.23. The number of hydrogen-bond acceptors (Lipinski definition) is 1. The van der Waals surface area contributed by atoms with E-state index < -0.39 is 0 Å². The topological polar surface area (TPSA) is 12.0 Å². The van der Waals surface area contributed by atoms with Crippen molar-refractivity contribution in [2.45, 2.75) is 26.2 Å². The van der Waals surface area contributed by atoms with Gasteiger partial charge < -0.3 is 5.32 Å². The predicted octanol–water partition coefficient (Wildman–Crippen LogP) is 3.94. The molecule has 1 fully saturated rings. The molecule has 1 aromatic rings. The van der Waals surface area contributed by atoms with Crippen molar-refractivity contribution in [2.75, 3.05) is 13.1 Å². The second-order valence-electron chi connectivity index (χ2n) is 5.32. The summed E-state index contributed by atoms with van der Waals surface area (Å²) >= 11 is 3.29. The molecule has 1 aromatic carbocycles. The van der Waals surface area contributed by atoms with Gasteiger partial charge in [0.1, 0.15) is 5.82 Å². The van der Waals surface area contributed by atoms with E-state index in [-0.39, 0.29) is 5.82 Å². The van der Waals surface area contributed by atoms with Crippen LogP contribution in [0.2, 0.25) is 0 Å². The molecule has 17 heavy (non-hydrogen) atoms. The van der Waals surface area contributed by atoms with Gasteiger partial charge >= 0.3 is 0 Å². The van der Waals surface area contributed by atoms with Crippen molar-refractivity contribution in [3.8, 4) is 0 Å². The minimum Gasteiger partial charge on any atom is -0.316 e. The number of halogens is 2. The minimum atomic E-state index is -0.0734. The van der Waals surface area contributed by atoms with Gasteiger partial charge in [-0.1, -0.05) is 35.8 Å². The highest BCUT2D eigenvalue weighted by Gasteiger charge is 2.39. The van der Waals surface area contributed by atoms with Crippen molar-refractivity contribution in [2.24, 2.45) is 11.8 Å². The van der Waals surface area contributed by atoms with Gasteiger partial charge in [0, 0.05) is 4.47 Å². The van der Waals surface area contributed by atoms with E-state index in [1.165, 1.54) is 0 Å². The molecular weight excluding hydrogens is 281 g/mol. The molecule has 3 heteroatoms. The Morgan fingerprint density at radius 2 is 2.24 bits per heavy atom. The maximum atomic E-state index is 13.7. The summed E-state index contributed by atoms with van der Waals surface area (Å²) in [6, 6.07) is 5.40. The lowest BCUT2D eigenvalue weighted by Crippen LogP contribution is -2.22. The van der Waals surface area contributed by atoms with Gasteiger partial charge in [-0.25, -0.2) is 4.39 Å². The van der Waals surface area contributed by atoms with Crippen LogP contribution in [-0.4, -0.2) is 13.1 Å². The Morgan fingerprint density at radius 3 is 2.88 bits per heavy atom. The molecule has 0 aromatic heterocycles. The quantitative estimate of drug-likeness (QED) is 0.868. The molecule has 2 unspecified atom stereocenters. The Morgan fingerprint density at radius 1 is 1.47 bits per heavy atom. The highest BCUT2D eigenvalue weighted by molar-refractivity contribution is 9.10. The Hall–Kier alpha value is -0.410. The monoisotopic (exact) mass is 299 g/mol.